The molecular formula is C16H23NO. The van der Waals surface area contributed by atoms with Gasteiger partial charge in [0.2, 0.25) is 0 Å². The van der Waals surface area contributed by atoms with Crippen molar-refractivity contribution < 1.29 is 4.79 Å². The summed E-state index contributed by atoms with van der Waals surface area (Å²) in [6, 6.07) is 0.471. The lowest BCUT2D eigenvalue weighted by atomic mass is 10.1. The second-order valence-corrected chi connectivity index (χ2v) is 4.15. The van der Waals surface area contributed by atoms with Crippen molar-refractivity contribution in [3.8, 4) is 0 Å². The van der Waals surface area contributed by atoms with Gasteiger partial charge >= 0.3 is 0 Å². The zero-order valence-electron chi connectivity index (χ0n) is 11.6. The Balaban J connectivity index is 0.000000771. The van der Waals surface area contributed by atoms with Gasteiger partial charge in [0.15, 0.2) is 5.78 Å². The number of hydrogen-bond donors (Lipinski definition) is 0. The molecule has 2 nitrogen and oxygen atoms in total. The largest absolute Gasteiger partial charge is 0.363 e. The average Bonchev–Trinajstić information content (AvgIpc) is 3.07. The van der Waals surface area contributed by atoms with Crippen LogP contribution >= 0.6 is 0 Å². The van der Waals surface area contributed by atoms with Crippen molar-refractivity contribution in [2.45, 2.75) is 39.7 Å². The van der Waals surface area contributed by atoms with E-state index in [1.54, 1.807) is 12.2 Å². The Bertz CT molecular complexity index is 401. The maximum atomic E-state index is 11.2. The molecule has 0 aromatic carbocycles. The van der Waals surface area contributed by atoms with Gasteiger partial charge in [-0.1, -0.05) is 44.7 Å². The van der Waals surface area contributed by atoms with E-state index in [-0.39, 0.29) is 5.78 Å². The third-order valence-electron chi connectivity index (χ3n) is 3.08. The van der Waals surface area contributed by atoms with Gasteiger partial charge in [0.05, 0.1) is 6.04 Å². The number of rotatable bonds is 4. The van der Waals surface area contributed by atoms with Crippen molar-refractivity contribution in [3.63, 3.8) is 0 Å². The minimum Gasteiger partial charge on any atom is -0.363 e. The predicted octanol–water partition coefficient (Wildman–Crippen LogP) is 3.63. The third-order valence-corrected chi connectivity index (χ3v) is 3.08. The minimum atomic E-state index is 0.268. The molecule has 0 bridgehead atoms. The van der Waals surface area contributed by atoms with Gasteiger partial charge in [-0.3, -0.25) is 4.79 Å². The summed E-state index contributed by atoms with van der Waals surface area (Å²) in [7, 11) is 0. The normalized spacial score (nSPS) is 22.7. The number of carbonyl (C=O) groups excluding carboxylic acids is 1. The van der Waals surface area contributed by atoms with E-state index in [4.69, 9.17) is 0 Å². The number of hydrogen-bond acceptors (Lipinski definition) is 2. The number of allylic oxidation sites excluding steroid dienone is 5. The molecule has 1 fully saturated rings. The maximum Gasteiger partial charge on any atom is 0.157 e. The van der Waals surface area contributed by atoms with Crippen LogP contribution in [0.4, 0.5) is 0 Å². The second-order valence-electron chi connectivity index (χ2n) is 4.15. The van der Waals surface area contributed by atoms with Crippen molar-refractivity contribution in [3.05, 3.63) is 48.2 Å². The van der Waals surface area contributed by atoms with E-state index in [0.29, 0.717) is 12.5 Å². The summed E-state index contributed by atoms with van der Waals surface area (Å²) >= 11 is 0. The lowest BCUT2D eigenvalue weighted by Crippen LogP contribution is -2.01. The van der Waals surface area contributed by atoms with Crippen LogP contribution in [0.2, 0.25) is 0 Å². The highest BCUT2D eigenvalue weighted by Gasteiger charge is 2.38. The highest BCUT2D eigenvalue weighted by atomic mass is 16.1. The first-order valence-electron chi connectivity index (χ1n) is 6.71. The van der Waals surface area contributed by atoms with Gasteiger partial charge in [0.25, 0.3) is 0 Å². The van der Waals surface area contributed by atoms with Gasteiger partial charge in [0, 0.05) is 24.7 Å². The summed E-state index contributed by atoms with van der Waals surface area (Å²) in [4.78, 5) is 13.5. The van der Waals surface area contributed by atoms with E-state index in [1.165, 1.54) is 11.3 Å². The highest BCUT2D eigenvalue weighted by molar-refractivity contribution is 5.92. The first-order chi connectivity index (χ1) is 8.76. The molecule has 2 rings (SSSR count). The van der Waals surface area contributed by atoms with Gasteiger partial charge in [-0.2, -0.15) is 0 Å². The molecule has 0 amide bonds. The molecule has 0 N–H and O–H groups in total. The van der Waals surface area contributed by atoms with Crippen LogP contribution in [0.15, 0.2) is 48.2 Å². The molecule has 1 heterocycles. The number of ketones is 1. The summed E-state index contributed by atoms with van der Waals surface area (Å²) in [6.45, 7) is 10.8. The van der Waals surface area contributed by atoms with Crippen molar-refractivity contribution in [1.29, 1.82) is 0 Å². The monoisotopic (exact) mass is 245 g/mol. The molecule has 1 aliphatic heterocycles. The molecule has 1 saturated heterocycles. The van der Waals surface area contributed by atoms with E-state index in [1.807, 2.05) is 26.8 Å². The van der Waals surface area contributed by atoms with Gasteiger partial charge in [-0.15, -0.1) is 0 Å². The Morgan fingerprint density at radius 1 is 1.44 bits per heavy atom. The molecule has 1 unspecified atom stereocenters. The predicted molar refractivity (Wildman–Crippen MR) is 77.3 cm³/mol. The molecule has 0 saturated carbocycles. The van der Waals surface area contributed by atoms with Crippen LogP contribution in [0, 0.1) is 0 Å². The molecule has 98 valence electrons. The smallest absolute Gasteiger partial charge is 0.157 e. The summed E-state index contributed by atoms with van der Waals surface area (Å²) < 4.78 is 0. The summed E-state index contributed by atoms with van der Waals surface area (Å²) in [5, 5.41) is 0. The topological polar surface area (TPSA) is 20.1 Å². The quantitative estimate of drug-likeness (QED) is 0.557. The molecule has 0 aromatic rings. The molecule has 2 aliphatic rings. The molecule has 2 heteroatoms. The number of nitrogens with zero attached hydrogens (tertiary/aromatic N) is 1. The van der Waals surface area contributed by atoms with Gasteiger partial charge in [-0.05, 0) is 18.9 Å². The van der Waals surface area contributed by atoms with Crippen LogP contribution < -0.4 is 0 Å². The molecule has 1 aliphatic carbocycles. The zero-order chi connectivity index (χ0) is 13.5. The number of carbonyl (C=O) groups is 1. The summed E-state index contributed by atoms with van der Waals surface area (Å²) in [6.07, 6.45) is 11.4. The van der Waals surface area contributed by atoms with Crippen molar-refractivity contribution >= 4 is 5.78 Å². The van der Waals surface area contributed by atoms with Crippen LogP contribution in [-0.2, 0) is 4.79 Å². The van der Waals surface area contributed by atoms with E-state index in [2.05, 4.69) is 23.6 Å². The molecule has 0 spiro atoms. The SMILES string of the molecule is C=C/C=C\C(=C/C)C1CN1C1=CC(=O)CC1.CC. The van der Waals surface area contributed by atoms with Gasteiger partial charge < -0.3 is 4.90 Å². The molecule has 1 atom stereocenters. The highest BCUT2D eigenvalue weighted by Crippen LogP contribution is 2.34. The van der Waals surface area contributed by atoms with Crippen molar-refractivity contribution in [2.75, 3.05) is 6.54 Å². The standard InChI is InChI=1S/C14H17NO.C2H6/c1-3-5-6-11(4-2)14-10-15(14)12-7-8-13(16)9-12;1-2/h3-6,9,14H,1,7-8,10H2,2H3;1-2H3/b6-5-,11-4+;. The Morgan fingerprint density at radius 2 is 2.17 bits per heavy atom. The van der Waals surface area contributed by atoms with E-state index >= 15 is 0 Å². The zero-order valence-corrected chi connectivity index (χ0v) is 11.6. The first kappa shape index (κ1) is 14.5. The van der Waals surface area contributed by atoms with E-state index in [0.717, 1.165) is 13.0 Å². The maximum absolute atomic E-state index is 11.2. The van der Waals surface area contributed by atoms with Gasteiger partial charge in [-0.25, -0.2) is 0 Å². The average molecular weight is 245 g/mol. The molecule has 0 radical (unpaired) electrons. The molecule has 18 heavy (non-hydrogen) atoms. The minimum absolute atomic E-state index is 0.268. The third kappa shape index (κ3) is 3.46. The van der Waals surface area contributed by atoms with Crippen LogP contribution in [0.3, 0.4) is 0 Å². The second kappa shape index (κ2) is 7.00. The lowest BCUT2D eigenvalue weighted by Gasteiger charge is -2.06. The van der Waals surface area contributed by atoms with Crippen LogP contribution in [0.5, 0.6) is 0 Å². The van der Waals surface area contributed by atoms with Crippen LogP contribution in [0.1, 0.15) is 33.6 Å². The molecule has 0 aromatic heterocycles. The molecular weight excluding hydrogens is 222 g/mol. The van der Waals surface area contributed by atoms with Gasteiger partial charge in [0.1, 0.15) is 0 Å². The van der Waals surface area contributed by atoms with E-state index < -0.39 is 0 Å². The first-order valence-corrected chi connectivity index (χ1v) is 6.71. The van der Waals surface area contributed by atoms with Crippen LogP contribution in [0.25, 0.3) is 0 Å². The fourth-order valence-electron chi connectivity index (χ4n) is 2.13. The fourth-order valence-corrected chi connectivity index (χ4v) is 2.13. The Hall–Kier alpha value is -1.57. The Morgan fingerprint density at radius 3 is 2.67 bits per heavy atom. The Labute approximate surface area is 110 Å². The van der Waals surface area contributed by atoms with E-state index in [9.17, 15) is 4.79 Å². The van der Waals surface area contributed by atoms with Crippen LogP contribution in [-0.4, -0.2) is 23.3 Å². The van der Waals surface area contributed by atoms with Crippen molar-refractivity contribution in [1.82, 2.24) is 4.90 Å². The Kier molecular flexibility index (Phi) is 5.63. The lowest BCUT2D eigenvalue weighted by molar-refractivity contribution is -0.114. The van der Waals surface area contributed by atoms with Crippen molar-refractivity contribution in [2.24, 2.45) is 0 Å². The summed E-state index contributed by atoms with van der Waals surface area (Å²) in [5.74, 6) is 0.268. The fraction of sp³-hybridized carbons (Fsp3) is 0.438. The summed E-state index contributed by atoms with van der Waals surface area (Å²) in [5.41, 5.74) is 2.52.